The number of benzene rings is 2. The van der Waals surface area contributed by atoms with E-state index in [4.69, 9.17) is 0 Å². The molecule has 1 saturated heterocycles. The Morgan fingerprint density at radius 2 is 2.00 bits per heavy atom. The van der Waals surface area contributed by atoms with Crippen molar-refractivity contribution in [2.45, 2.75) is 0 Å². The SMILES string of the molecule is O=C1NCCN1CCNc1ccc(Br)c2ccccc12. The van der Waals surface area contributed by atoms with Crippen LogP contribution >= 0.6 is 15.9 Å². The fraction of sp³-hybridized carbons (Fsp3) is 0.267. The molecular weight excluding hydrogens is 318 g/mol. The molecule has 0 spiro atoms. The maximum atomic E-state index is 11.5. The number of hydrogen-bond acceptors (Lipinski definition) is 2. The second-order valence-corrected chi connectivity index (χ2v) is 5.64. The molecule has 2 amide bonds. The van der Waals surface area contributed by atoms with Crippen molar-refractivity contribution in [2.75, 3.05) is 31.5 Å². The maximum absolute atomic E-state index is 11.5. The number of rotatable bonds is 4. The zero-order valence-electron chi connectivity index (χ0n) is 11.0. The molecule has 1 aliphatic rings. The summed E-state index contributed by atoms with van der Waals surface area (Å²) in [5.41, 5.74) is 1.10. The summed E-state index contributed by atoms with van der Waals surface area (Å²) in [5.74, 6) is 0. The van der Waals surface area contributed by atoms with Gasteiger partial charge in [-0.05, 0) is 17.5 Å². The van der Waals surface area contributed by atoms with E-state index in [2.05, 4.69) is 44.8 Å². The summed E-state index contributed by atoms with van der Waals surface area (Å²) >= 11 is 3.57. The molecule has 0 radical (unpaired) electrons. The van der Waals surface area contributed by atoms with Gasteiger partial charge in [-0.25, -0.2) is 4.79 Å². The first-order valence-electron chi connectivity index (χ1n) is 6.69. The van der Waals surface area contributed by atoms with Crippen LogP contribution in [0.25, 0.3) is 10.8 Å². The Bertz CT molecular complexity index is 644. The second kappa shape index (κ2) is 5.71. The number of halogens is 1. The van der Waals surface area contributed by atoms with Crippen LogP contribution in [0.15, 0.2) is 40.9 Å². The summed E-state index contributed by atoms with van der Waals surface area (Å²) in [6, 6.07) is 12.4. The molecule has 0 atom stereocenters. The zero-order valence-corrected chi connectivity index (χ0v) is 12.6. The Morgan fingerprint density at radius 3 is 2.75 bits per heavy atom. The Kier molecular flexibility index (Phi) is 3.78. The summed E-state index contributed by atoms with van der Waals surface area (Å²) in [6.45, 7) is 3.01. The highest BCUT2D eigenvalue weighted by molar-refractivity contribution is 9.10. The molecule has 0 saturated carbocycles. The van der Waals surface area contributed by atoms with Gasteiger partial charge < -0.3 is 15.5 Å². The summed E-state index contributed by atoms with van der Waals surface area (Å²) in [4.78, 5) is 13.3. The number of amides is 2. The van der Waals surface area contributed by atoms with Crippen molar-refractivity contribution in [1.82, 2.24) is 10.2 Å². The van der Waals surface area contributed by atoms with Crippen LogP contribution in [-0.2, 0) is 0 Å². The number of nitrogens with zero attached hydrogens (tertiary/aromatic N) is 1. The van der Waals surface area contributed by atoms with E-state index in [9.17, 15) is 4.79 Å². The standard InChI is InChI=1S/C15H16BrN3O/c16-13-5-6-14(12-4-2-1-3-11(12)13)17-7-9-19-10-8-18-15(19)20/h1-6,17H,7-10H2,(H,18,20). The van der Waals surface area contributed by atoms with E-state index < -0.39 is 0 Å². The molecule has 1 heterocycles. The first-order valence-corrected chi connectivity index (χ1v) is 7.49. The predicted molar refractivity (Wildman–Crippen MR) is 85.1 cm³/mol. The van der Waals surface area contributed by atoms with Crippen LogP contribution in [-0.4, -0.2) is 37.1 Å². The lowest BCUT2D eigenvalue weighted by Gasteiger charge is -2.16. The lowest BCUT2D eigenvalue weighted by atomic mass is 10.1. The van der Waals surface area contributed by atoms with Gasteiger partial charge in [0.25, 0.3) is 0 Å². The maximum Gasteiger partial charge on any atom is 0.317 e. The molecule has 3 rings (SSSR count). The van der Waals surface area contributed by atoms with Crippen LogP contribution in [0.5, 0.6) is 0 Å². The highest BCUT2D eigenvalue weighted by Crippen LogP contribution is 2.29. The minimum atomic E-state index is 0.0347. The summed E-state index contributed by atoms with van der Waals surface area (Å²) < 4.78 is 1.09. The molecule has 0 unspecified atom stereocenters. The lowest BCUT2D eigenvalue weighted by Crippen LogP contribution is -2.32. The van der Waals surface area contributed by atoms with Gasteiger partial charge in [-0.2, -0.15) is 0 Å². The van der Waals surface area contributed by atoms with Crippen molar-refractivity contribution in [3.63, 3.8) is 0 Å². The third-order valence-corrected chi connectivity index (χ3v) is 4.20. The average Bonchev–Trinajstić information content (AvgIpc) is 2.87. The van der Waals surface area contributed by atoms with Crippen LogP contribution in [0, 0.1) is 0 Å². The van der Waals surface area contributed by atoms with Gasteiger partial charge in [0.05, 0.1) is 0 Å². The Morgan fingerprint density at radius 1 is 1.20 bits per heavy atom. The van der Waals surface area contributed by atoms with Gasteiger partial charge in [-0.1, -0.05) is 40.2 Å². The third kappa shape index (κ3) is 2.58. The molecule has 1 fully saturated rings. The summed E-state index contributed by atoms with van der Waals surface area (Å²) in [7, 11) is 0. The van der Waals surface area contributed by atoms with E-state index >= 15 is 0 Å². The van der Waals surface area contributed by atoms with Crippen molar-refractivity contribution < 1.29 is 4.79 Å². The Labute approximate surface area is 126 Å². The van der Waals surface area contributed by atoms with Gasteiger partial charge in [0.1, 0.15) is 0 Å². The van der Waals surface area contributed by atoms with Gasteiger partial charge >= 0.3 is 6.03 Å². The molecule has 4 nitrogen and oxygen atoms in total. The molecule has 0 bridgehead atoms. The van der Waals surface area contributed by atoms with E-state index in [0.29, 0.717) is 0 Å². The highest BCUT2D eigenvalue weighted by atomic mass is 79.9. The van der Waals surface area contributed by atoms with Crippen LogP contribution in [0.2, 0.25) is 0 Å². The largest absolute Gasteiger partial charge is 0.383 e. The van der Waals surface area contributed by atoms with Crippen molar-refractivity contribution in [3.05, 3.63) is 40.9 Å². The smallest absolute Gasteiger partial charge is 0.317 e. The van der Waals surface area contributed by atoms with Crippen LogP contribution < -0.4 is 10.6 Å². The van der Waals surface area contributed by atoms with Crippen LogP contribution in [0.1, 0.15) is 0 Å². The molecule has 104 valence electrons. The lowest BCUT2D eigenvalue weighted by molar-refractivity contribution is 0.219. The molecule has 0 aromatic heterocycles. The second-order valence-electron chi connectivity index (χ2n) is 4.79. The Hall–Kier alpha value is -1.75. The zero-order chi connectivity index (χ0) is 13.9. The minimum absolute atomic E-state index is 0.0347. The quantitative estimate of drug-likeness (QED) is 0.903. The van der Waals surface area contributed by atoms with E-state index in [1.807, 2.05) is 23.1 Å². The number of carbonyl (C=O) groups excluding carboxylic acids is 1. The molecular formula is C15H16BrN3O. The van der Waals surface area contributed by atoms with E-state index in [1.165, 1.54) is 10.8 Å². The predicted octanol–water partition coefficient (Wildman–Crippen LogP) is 3.04. The number of fused-ring (bicyclic) bond motifs is 1. The molecule has 5 heteroatoms. The third-order valence-electron chi connectivity index (χ3n) is 3.51. The fourth-order valence-electron chi connectivity index (χ4n) is 2.47. The molecule has 2 N–H and O–H groups in total. The summed E-state index contributed by atoms with van der Waals surface area (Å²) in [6.07, 6.45) is 0. The van der Waals surface area contributed by atoms with Crippen molar-refractivity contribution in [2.24, 2.45) is 0 Å². The number of anilines is 1. The van der Waals surface area contributed by atoms with Crippen molar-refractivity contribution in [1.29, 1.82) is 0 Å². The van der Waals surface area contributed by atoms with Crippen LogP contribution in [0.4, 0.5) is 10.5 Å². The van der Waals surface area contributed by atoms with Gasteiger partial charge in [0.15, 0.2) is 0 Å². The van der Waals surface area contributed by atoms with E-state index in [0.717, 1.165) is 36.3 Å². The topological polar surface area (TPSA) is 44.4 Å². The number of carbonyl (C=O) groups is 1. The monoisotopic (exact) mass is 333 g/mol. The first-order chi connectivity index (χ1) is 9.75. The van der Waals surface area contributed by atoms with Gasteiger partial charge in [-0.3, -0.25) is 0 Å². The Balaban J connectivity index is 1.71. The number of urea groups is 1. The molecule has 0 aliphatic carbocycles. The number of hydrogen-bond donors (Lipinski definition) is 2. The van der Waals surface area contributed by atoms with E-state index in [-0.39, 0.29) is 6.03 Å². The van der Waals surface area contributed by atoms with Crippen molar-refractivity contribution >= 4 is 38.4 Å². The number of nitrogens with one attached hydrogen (secondary N) is 2. The van der Waals surface area contributed by atoms with Crippen LogP contribution in [0.3, 0.4) is 0 Å². The van der Waals surface area contributed by atoms with Crippen molar-refractivity contribution in [3.8, 4) is 0 Å². The average molecular weight is 334 g/mol. The fourth-order valence-corrected chi connectivity index (χ4v) is 2.94. The highest BCUT2D eigenvalue weighted by Gasteiger charge is 2.18. The minimum Gasteiger partial charge on any atom is -0.383 e. The van der Waals surface area contributed by atoms with Gasteiger partial charge in [-0.15, -0.1) is 0 Å². The summed E-state index contributed by atoms with van der Waals surface area (Å²) in [5, 5.41) is 8.61. The van der Waals surface area contributed by atoms with E-state index in [1.54, 1.807) is 0 Å². The normalized spacial score (nSPS) is 14.7. The first kappa shape index (κ1) is 13.2. The molecule has 20 heavy (non-hydrogen) atoms. The molecule has 2 aromatic carbocycles. The van der Waals surface area contributed by atoms with Gasteiger partial charge in [0.2, 0.25) is 0 Å². The molecule has 2 aromatic rings. The van der Waals surface area contributed by atoms with Gasteiger partial charge in [0, 0.05) is 41.7 Å². The molecule has 1 aliphatic heterocycles.